The molecule has 3 heteroatoms. The summed E-state index contributed by atoms with van der Waals surface area (Å²) in [4.78, 5) is 2.75. The van der Waals surface area contributed by atoms with Gasteiger partial charge in [0.25, 0.3) is 0 Å². The molecule has 3 atom stereocenters. The Morgan fingerprint density at radius 2 is 2.17 bits per heavy atom. The molecule has 3 fully saturated rings. The summed E-state index contributed by atoms with van der Waals surface area (Å²) in [7, 11) is 0. The molecule has 5 rings (SSSR count). The molecule has 0 unspecified atom stereocenters. The van der Waals surface area contributed by atoms with Gasteiger partial charge in [0.15, 0.2) is 0 Å². The smallest absolute Gasteiger partial charge is 0.116 e. The summed E-state index contributed by atoms with van der Waals surface area (Å²) in [6, 6.07) is 4.62. The molecule has 3 nitrogen and oxygen atoms in total. The zero-order valence-corrected chi connectivity index (χ0v) is 14.8. The third-order valence-corrected chi connectivity index (χ3v) is 7.12. The van der Waals surface area contributed by atoms with E-state index in [0.717, 1.165) is 31.8 Å². The van der Waals surface area contributed by atoms with Crippen LogP contribution < -0.4 is 0 Å². The Hall–Kier alpha value is -1.06. The number of aromatic hydroxyl groups is 1. The molecule has 0 aromatic heterocycles. The standard InChI is InChI=1S/C21H29NO2/c1-2-15-10-16(23)11-18-17(15)12-19-20-21(18,6-3-9-24-20)7-8-22(19)13-14-4-5-14/h10-11,14,19-20,23H,2-9,12-13H2,1H3/t19-,20+,21+/m1/s1. The molecule has 2 aliphatic carbocycles. The van der Waals surface area contributed by atoms with Crippen molar-refractivity contribution in [2.45, 2.75) is 69.4 Å². The van der Waals surface area contributed by atoms with E-state index >= 15 is 0 Å². The molecule has 1 aromatic rings. The molecule has 2 aliphatic heterocycles. The van der Waals surface area contributed by atoms with Crippen LogP contribution in [0.25, 0.3) is 0 Å². The summed E-state index contributed by atoms with van der Waals surface area (Å²) in [6.45, 7) is 5.61. The second-order valence-corrected chi connectivity index (χ2v) is 8.50. The molecule has 24 heavy (non-hydrogen) atoms. The highest BCUT2D eigenvalue weighted by atomic mass is 16.5. The first kappa shape index (κ1) is 15.2. The lowest BCUT2D eigenvalue weighted by Gasteiger charge is -2.58. The van der Waals surface area contributed by atoms with E-state index in [9.17, 15) is 5.11 Å². The molecule has 0 radical (unpaired) electrons. The van der Waals surface area contributed by atoms with Gasteiger partial charge in [-0.1, -0.05) is 6.92 Å². The van der Waals surface area contributed by atoms with E-state index in [1.165, 1.54) is 55.5 Å². The number of piperidine rings is 1. The summed E-state index contributed by atoms with van der Waals surface area (Å²) in [5.41, 5.74) is 4.46. The number of phenolic OH excluding ortho intramolecular Hbond substituents is 1. The summed E-state index contributed by atoms with van der Waals surface area (Å²) < 4.78 is 6.42. The first-order valence-electron chi connectivity index (χ1n) is 9.92. The van der Waals surface area contributed by atoms with Crippen LogP contribution in [0.2, 0.25) is 0 Å². The number of hydrogen-bond acceptors (Lipinski definition) is 3. The van der Waals surface area contributed by atoms with Gasteiger partial charge in [-0.15, -0.1) is 0 Å². The van der Waals surface area contributed by atoms with Crippen molar-refractivity contribution in [3.8, 4) is 5.75 Å². The predicted molar refractivity (Wildman–Crippen MR) is 94.5 cm³/mol. The second-order valence-electron chi connectivity index (χ2n) is 8.50. The summed E-state index contributed by atoms with van der Waals surface area (Å²) in [6.07, 6.45) is 8.87. The average molecular weight is 327 g/mol. The average Bonchev–Trinajstić information content (AvgIpc) is 3.41. The summed E-state index contributed by atoms with van der Waals surface area (Å²) in [5.74, 6) is 1.39. The molecule has 1 N–H and O–H groups in total. The van der Waals surface area contributed by atoms with Gasteiger partial charge in [0.2, 0.25) is 0 Å². The lowest BCUT2D eigenvalue weighted by molar-refractivity contribution is -0.128. The van der Waals surface area contributed by atoms with Crippen molar-refractivity contribution >= 4 is 0 Å². The third kappa shape index (κ3) is 2.17. The van der Waals surface area contributed by atoms with Crippen LogP contribution in [0.15, 0.2) is 12.1 Å². The van der Waals surface area contributed by atoms with E-state index in [2.05, 4.69) is 17.9 Å². The van der Waals surface area contributed by atoms with Crippen molar-refractivity contribution in [1.29, 1.82) is 0 Å². The Labute approximate surface area is 145 Å². The van der Waals surface area contributed by atoms with Gasteiger partial charge in [-0.05, 0) is 86.2 Å². The van der Waals surface area contributed by atoms with Crippen molar-refractivity contribution in [3.63, 3.8) is 0 Å². The Kier molecular flexibility index (Phi) is 3.47. The lowest BCUT2D eigenvalue weighted by Crippen LogP contribution is -2.65. The van der Waals surface area contributed by atoms with Crippen molar-refractivity contribution in [2.24, 2.45) is 5.92 Å². The number of hydrogen-bond donors (Lipinski definition) is 1. The Bertz CT molecular complexity index is 653. The number of fused-ring (bicyclic) bond motifs is 1. The molecular formula is C21H29NO2. The molecule has 130 valence electrons. The first-order chi connectivity index (χ1) is 11.7. The fraction of sp³-hybridized carbons (Fsp3) is 0.714. The molecule has 1 aromatic carbocycles. The number of nitrogens with zero attached hydrogens (tertiary/aromatic N) is 1. The van der Waals surface area contributed by atoms with Crippen LogP contribution in [0.3, 0.4) is 0 Å². The normalized spacial score (nSPS) is 35.4. The second kappa shape index (κ2) is 5.47. The van der Waals surface area contributed by atoms with Crippen LogP contribution in [-0.4, -0.2) is 41.8 Å². The number of ether oxygens (including phenoxy) is 1. The molecule has 0 amide bonds. The number of phenols is 1. The van der Waals surface area contributed by atoms with Gasteiger partial charge in [0.05, 0.1) is 6.10 Å². The molecule has 4 aliphatic rings. The number of benzene rings is 1. The highest BCUT2D eigenvalue weighted by Crippen LogP contribution is 2.53. The van der Waals surface area contributed by atoms with Crippen LogP contribution in [0.1, 0.15) is 55.7 Å². The van der Waals surface area contributed by atoms with E-state index in [1.54, 1.807) is 0 Å². The number of rotatable bonds is 3. The summed E-state index contributed by atoms with van der Waals surface area (Å²) >= 11 is 0. The van der Waals surface area contributed by atoms with Gasteiger partial charge in [0, 0.05) is 24.6 Å². The van der Waals surface area contributed by atoms with Crippen molar-refractivity contribution in [2.75, 3.05) is 19.7 Å². The van der Waals surface area contributed by atoms with E-state index < -0.39 is 0 Å². The minimum absolute atomic E-state index is 0.152. The van der Waals surface area contributed by atoms with Gasteiger partial charge in [-0.2, -0.15) is 0 Å². The first-order valence-corrected chi connectivity index (χ1v) is 9.92. The number of likely N-dealkylation sites (tertiary alicyclic amines) is 1. The SMILES string of the molecule is CCc1cc(O)cc2c1C[C@@H]1[C@@H]3OCCC[C@]23CCN1CC1CC1. The monoisotopic (exact) mass is 327 g/mol. The van der Waals surface area contributed by atoms with Crippen LogP contribution in [-0.2, 0) is 23.0 Å². The Morgan fingerprint density at radius 3 is 2.96 bits per heavy atom. The Balaban J connectivity index is 1.62. The van der Waals surface area contributed by atoms with E-state index in [-0.39, 0.29) is 5.41 Å². The highest BCUT2D eigenvalue weighted by molar-refractivity contribution is 5.50. The summed E-state index contributed by atoms with van der Waals surface area (Å²) in [5, 5.41) is 10.3. The fourth-order valence-electron chi connectivity index (χ4n) is 5.79. The maximum atomic E-state index is 10.3. The lowest BCUT2D eigenvalue weighted by atomic mass is 9.58. The molecule has 0 spiro atoms. The van der Waals surface area contributed by atoms with E-state index in [4.69, 9.17) is 4.74 Å². The van der Waals surface area contributed by atoms with Crippen molar-refractivity contribution < 1.29 is 9.84 Å². The number of aryl methyl sites for hydroxylation is 1. The van der Waals surface area contributed by atoms with Gasteiger partial charge in [-0.3, -0.25) is 4.90 Å². The van der Waals surface area contributed by atoms with E-state index in [0.29, 0.717) is 17.9 Å². The zero-order valence-electron chi connectivity index (χ0n) is 14.8. The van der Waals surface area contributed by atoms with Gasteiger partial charge in [-0.25, -0.2) is 0 Å². The topological polar surface area (TPSA) is 32.7 Å². The minimum Gasteiger partial charge on any atom is -0.508 e. The van der Waals surface area contributed by atoms with Crippen LogP contribution in [0.5, 0.6) is 5.75 Å². The molecule has 2 heterocycles. The minimum atomic E-state index is 0.152. The van der Waals surface area contributed by atoms with Crippen LogP contribution >= 0.6 is 0 Å². The largest absolute Gasteiger partial charge is 0.508 e. The molecule has 2 bridgehead atoms. The van der Waals surface area contributed by atoms with Crippen molar-refractivity contribution in [1.82, 2.24) is 4.90 Å². The third-order valence-electron chi connectivity index (χ3n) is 7.12. The maximum Gasteiger partial charge on any atom is 0.116 e. The fourth-order valence-corrected chi connectivity index (χ4v) is 5.79. The quantitative estimate of drug-likeness (QED) is 0.923. The molecule has 1 saturated carbocycles. The maximum absolute atomic E-state index is 10.3. The zero-order chi connectivity index (χ0) is 16.3. The molecular weight excluding hydrogens is 298 g/mol. The predicted octanol–water partition coefficient (Wildman–Crippen LogP) is 3.41. The molecule has 2 saturated heterocycles. The van der Waals surface area contributed by atoms with E-state index in [1.807, 2.05) is 6.07 Å². The van der Waals surface area contributed by atoms with Gasteiger partial charge >= 0.3 is 0 Å². The Morgan fingerprint density at radius 1 is 1.29 bits per heavy atom. The van der Waals surface area contributed by atoms with Crippen LogP contribution in [0, 0.1) is 5.92 Å². The van der Waals surface area contributed by atoms with Crippen LogP contribution in [0.4, 0.5) is 0 Å². The highest BCUT2D eigenvalue weighted by Gasteiger charge is 2.55. The van der Waals surface area contributed by atoms with Gasteiger partial charge < -0.3 is 9.84 Å². The van der Waals surface area contributed by atoms with Gasteiger partial charge in [0.1, 0.15) is 5.75 Å². The van der Waals surface area contributed by atoms with Crippen molar-refractivity contribution in [3.05, 3.63) is 28.8 Å².